The van der Waals surface area contributed by atoms with Crippen molar-refractivity contribution in [2.24, 2.45) is 5.92 Å². The van der Waals surface area contributed by atoms with Gasteiger partial charge in [0.2, 0.25) is 11.8 Å². The smallest absolute Gasteiger partial charge is 0.227 e. The molecule has 0 saturated carbocycles. The number of ether oxygens (including phenoxy) is 1. The number of anilines is 1. The highest BCUT2D eigenvalue weighted by Gasteiger charge is 2.35. The van der Waals surface area contributed by atoms with E-state index in [4.69, 9.17) is 4.74 Å². The Hall–Kier alpha value is -1.92. The van der Waals surface area contributed by atoms with E-state index in [1.54, 1.807) is 4.90 Å². The molecule has 1 N–H and O–H groups in total. The highest BCUT2D eigenvalue weighted by Crippen LogP contribution is 2.25. The van der Waals surface area contributed by atoms with Crippen molar-refractivity contribution in [3.05, 3.63) is 29.8 Å². The predicted octanol–water partition coefficient (Wildman–Crippen LogP) is 1.44. The second-order valence-corrected chi connectivity index (χ2v) is 7.17. The molecule has 6 nitrogen and oxygen atoms in total. The van der Waals surface area contributed by atoms with Gasteiger partial charge in [-0.3, -0.25) is 14.5 Å². The number of nitrogens with zero attached hydrogens (tertiary/aromatic N) is 2. The molecular formula is C20H29N3O3. The van der Waals surface area contributed by atoms with Gasteiger partial charge >= 0.3 is 0 Å². The molecule has 2 heterocycles. The molecule has 142 valence electrons. The molecule has 3 rings (SSSR count). The number of carbonyl (C=O) groups excluding carboxylic acids is 2. The summed E-state index contributed by atoms with van der Waals surface area (Å²) in [4.78, 5) is 28.9. The van der Waals surface area contributed by atoms with Crippen LogP contribution in [0.25, 0.3) is 0 Å². The summed E-state index contributed by atoms with van der Waals surface area (Å²) in [6, 6.07) is 8.30. The van der Waals surface area contributed by atoms with E-state index < -0.39 is 0 Å². The normalized spacial score (nSPS) is 22.5. The molecule has 0 aliphatic carbocycles. The zero-order valence-electron chi connectivity index (χ0n) is 15.7. The number of carbonyl (C=O) groups is 2. The lowest BCUT2D eigenvalue weighted by Crippen LogP contribution is -2.48. The standard InChI is InChI=1S/C20H29N3O3/c1-3-16-4-6-18(7-5-16)23-14-17(12-19(23)24)20(25)21-13-15(2)22-8-10-26-11-9-22/h4-7,15,17H,3,8-14H2,1-2H3,(H,21,25). The number of nitrogens with one attached hydrogen (secondary N) is 1. The summed E-state index contributed by atoms with van der Waals surface area (Å²) in [6.07, 6.45) is 1.26. The van der Waals surface area contributed by atoms with Gasteiger partial charge in [0.05, 0.1) is 19.1 Å². The molecule has 1 aromatic rings. The van der Waals surface area contributed by atoms with Crippen LogP contribution in [0.1, 0.15) is 25.8 Å². The molecule has 0 spiro atoms. The van der Waals surface area contributed by atoms with Crippen LogP contribution in [0.4, 0.5) is 5.69 Å². The van der Waals surface area contributed by atoms with E-state index in [9.17, 15) is 9.59 Å². The molecular weight excluding hydrogens is 330 g/mol. The summed E-state index contributed by atoms with van der Waals surface area (Å²) < 4.78 is 5.36. The molecule has 26 heavy (non-hydrogen) atoms. The van der Waals surface area contributed by atoms with Gasteiger partial charge in [0, 0.05) is 44.3 Å². The monoisotopic (exact) mass is 359 g/mol. The molecule has 1 aromatic carbocycles. The summed E-state index contributed by atoms with van der Waals surface area (Å²) >= 11 is 0. The predicted molar refractivity (Wildman–Crippen MR) is 101 cm³/mol. The number of benzene rings is 1. The lowest BCUT2D eigenvalue weighted by atomic mass is 10.1. The molecule has 2 aliphatic heterocycles. The fourth-order valence-electron chi connectivity index (χ4n) is 3.58. The third-order valence-electron chi connectivity index (χ3n) is 5.39. The van der Waals surface area contributed by atoms with Crippen LogP contribution in [0.15, 0.2) is 24.3 Å². The molecule has 2 aliphatic rings. The molecule has 2 amide bonds. The Balaban J connectivity index is 1.51. The Morgan fingerprint density at radius 2 is 1.96 bits per heavy atom. The summed E-state index contributed by atoms with van der Waals surface area (Å²) in [5.41, 5.74) is 2.12. The first-order valence-electron chi connectivity index (χ1n) is 9.57. The summed E-state index contributed by atoms with van der Waals surface area (Å²) in [5.74, 6) is -0.271. The maximum absolute atomic E-state index is 12.5. The Bertz CT molecular complexity index is 626. The SMILES string of the molecule is CCc1ccc(N2CC(C(=O)NCC(C)N3CCOCC3)CC2=O)cc1. The average Bonchev–Trinajstić information content (AvgIpc) is 3.08. The Morgan fingerprint density at radius 1 is 1.27 bits per heavy atom. The quantitative estimate of drug-likeness (QED) is 0.835. The third kappa shape index (κ3) is 4.43. The fourth-order valence-corrected chi connectivity index (χ4v) is 3.58. The number of rotatable bonds is 6. The van der Waals surface area contributed by atoms with Crippen molar-refractivity contribution >= 4 is 17.5 Å². The Morgan fingerprint density at radius 3 is 2.62 bits per heavy atom. The third-order valence-corrected chi connectivity index (χ3v) is 5.39. The van der Waals surface area contributed by atoms with Crippen molar-refractivity contribution in [3.63, 3.8) is 0 Å². The van der Waals surface area contributed by atoms with Gasteiger partial charge in [-0.05, 0) is 31.0 Å². The summed E-state index contributed by atoms with van der Waals surface area (Å²) in [5, 5.41) is 3.03. The summed E-state index contributed by atoms with van der Waals surface area (Å²) in [6.45, 7) is 8.60. The first-order chi connectivity index (χ1) is 12.6. The van der Waals surface area contributed by atoms with Gasteiger partial charge in [-0.25, -0.2) is 0 Å². The largest absolute Gasteiger partial charge is 0.379 e. The van der Waals surface area contributed by atoms with E-state index in [1.165, 1.54) is 5.56 Å². The van der Waals surface area contributed by atoms with Gasteiger partial charge in [-0.2, -0.15) is 0 Å². The van der Waals surface area contributed by atoms with Crippen LogP contribution in [0, 0.1) is 5.92 Å². The van der Waals surface area contributed by atoms with Gasteiger partial charge in [-0.1, -0.05) is 19.1 Å². The van der Waals surface area contributed by atoms with Crippen molar-refractivity contribution < 1.29 is 14.3 Å². The van der Waals surface area contributed by atoms with E-state index >= 15 is 0 Å². The Labute approximate surface area is 155 Å². The molecule has 2 unspecified atom stereocenters. The first kappa shape index (κ1) is 18.9. The number of hydrogen-bond donors (Lipinski definition) is 1. The molecule has 2 saturated heterocycles. The van der Waals surface area contributed by atoms with E-state index in [0.717, 1.165) is 38.4 Å². The van der Waals surface area contributed by atoms with Crippen LogP contribution in [-0.4, -0.2) is 62.1 Å². The topological polar surface area (TPSA) is 61.9 Å². The number of aryl methyl sites for hydroxylation is 1. The Kier molecular flexibility index (Phi) is 6.27. The van der Waals surface area contributed by atoms with E-state index in [0.29, 0.717) is 13.1 Å². The zero-order valence-corrected chi connectivity index (χ0v) is 15.7. The van der Waals surface area contributed by atoms with E-state index in [-0.39, 0.29) is 30.2 Å². The van der Waals surface area contributed by atoms with Gasteiger partial charge < -0.3 is 15.0 Å². The molecule has 0 radical (unpaired) electrons. The van der Waals surface area contributed by atoms with Crippen molar-refractivity contribution in [3.8, 4) is 0 Å². The van der Waals surface area contributed by atoms with Crippen LogP contribution in [-0.2, 0) is 20.7 Å². The van der Waals surface area contributed by atoms with Crippen LogP contribution < -0.4 is 10.2 Å². The maximum atomic E-state index is 12.5. The second-order valence-electron chi connectivity index (χ2n) is 7.17. The summed E-state index contributed by atoms with van der Waals surface area (Å²) in [7, 11) is 0. The second kappa shape index (κ2) is 8.64. The molecule has 0 aromatic heterocycles. The minimum absolute atomic E-state index is 0.0221. The van der Waals surface area contributed by atoms with Crippen LogP contribution >= 0.6 is 0 Å². The van der Waals surface area contributed by atoms with Crippen LogP contribution in [0.5, 0.6) is 0 Å². The van der Waals surface area contributed by atoms with E-state index in [1.807, 2.05) is 24.3 Å². The molecule has 2 fully saturated rings. The average molecular weight is 359 g/mol. The van der Waals surface area contributed by atoms with Crippen molar-refractivity contribution in [2.75, 3.05) is 44.3 Å². The number of amides is 2. The highest BCUT2D eigenvalue weighted by molar-refractivity contribution is 6.00. The van der Waals surface area contributed by atoms with Crippen molar-refractivity contribution in [1.82, 2.24) is 10.2 Å². The maximum Gasteiger partial charge on any atom is 0.227 e. The van der Waals surface area contributed by atoms with Gasteiger partial charge in [0.15, 0.2) is 0 Å². The van der Waals surface area contributed by atoms with Crippen molar-refractivity contribution in [1.29, 1.82) is 0 Å². The minimum atomic E-state index is -0.273. The zero-order chi connectivity index (χ0) is 18.5. The van der Waals surface area contributed by atoms with Gasteiger partial charge in [0.25, 0.3) is 0 Å². The van der Waals surface area contributed by atoms with E-state index in [2.05, 4.69) is 24.1 Å². The molecule has 0 bridgehead atoms. The van der Waals surface area contributed by atoms with Crippen LogP contribution in [0.2, 0.25) is 0 Å². The van der Waals surface area contributed by atoms with Crippen LogP contribution in [0.3, 0.4) is 0 Å². The fraction of sp³-hybridized carbons (Fsp3) is 0.600. The number of hydrogen-bond acceptors (Lipinski definition) is 4. The van der Waals surface area contributed by atoms with Gasteiger partial charge in [0.1, 0.15) is 0 Å². The lowest BCUT2D eigenvalue weighted by molar-refractivity contribution is -0.126. The first-order valence-corrected chi connectivity index (χ1v) is 9.57. The lowest BCUT2D eigenvalue weighted by Gasteiger charge is -2.32. The molecule has 6 heteroatoms. The number of morpholine rings is 1. The minimum Gasteiger partial charge on any atom is -0.379 e. The molecule has 2 atom stereocenters. The van der Waals surface area contributed by atoms with Gasteiger partial charge in [-0.15, -0.1) is 0 Å². The highest BCUT2D eigenvalue weighted by atomic mass is 16.5. The van der Waals surface area contributed by atoms with Crippen molar-refractivity contribution in [2.45, 2.75) is 32.7 Å².